The highest BCUT2D eigenvalue weighted by Crippen LogP contribution is 2.18. The monoisotopic (exact) mass is 254 g/mol. The molecule has 0 aromatic carbocycles. The summed E-state index contributed by atoms with van der Waals surface area (Å²) in [4.78, 5) is 11.7. The lowest BCUT2D eigenvalue weighted by atomic mass is 10.1. The van der Waals surface area contributed by atoms with Gasteiger partial charge in [0.05, 0.1) is 0 Å². The van der Waals surface area contributed by atoms with Crippen molar-refractivity contribution in [3.8, 4) is 0 Å². The average molecular weight is 254 g/mol. The van der Waals surface area contributed by atoms with E-state index in [0.717, 1.165) is 31.1 Å². The number of amides is 1. The fourth-order valence-corrected chi connectivity index (χ4v) is 2.37. The highest BCUT2D eigenvalue weighted by atomic mass is 32.2. The van der Waals surface area contributed by atoms with Crippen LogP contribution in [0.1, 0.15) is 23.4 Å². The summed E-state index contributed by atoms with van der Waals surface area (Å²) in [6.45, 7) is 2.90. The van der Waals surface area contributed by atoms with Gasteiger partial charge >= 0.3 is 0 Å². The minimum absolute atomic E-state index is 0.115. The summed E-state index contributed by atoms with van der Waals surface area (Å²) in [7, 11) is 0. The summed E-state index contributed by atoms with van der Waals surface area (Å²) in [5.74, 6) is 0.990. The first-order chi connectivity index (χ1) is 8.29. The minimum atomic E-state index is -0.115. The number of carbonyl (C=O) groups is 1. The maximum Gasteiger partial charge on any atom is 0.287 e. The summed E-state index contributed by atoms with van der Waals surface area (Å²) in [5, 5.41) is 6.99. The highest BCUT2D eigenvalue weighted by Gasteiger charge is 2.15. The second-order valence-corrected chi connectivity index (χ2v) is 5.04. The Balaban J connectivity index is 1.72. The average Bonchev–Trinajstić information content (AvgIpc) is 2.99. The van der Waals surface area contributed by atoms with Crippen LogP contribution in [0.25, 0.3) is 0 Å². The molecular formula is C12H18N2O2S. The molecule has 0 bridgehead atoms. The van der Waals surface area contributed by atoms with E-state index in [9.17, 15) is 4.79 Å². The minimum Gasteiger partial charge on any atom is -0.445 e. The van der Waals surface area contributed by atoms with Gasteiger partial charge in [0.25, 0.3) is 5.91 Å². The fourth-order valence-electron chi connectivity index (χ4n) is 1.99. The predicted molar refractivity (Wildman–Crippen MR) is 68.4 cm³/mol. The van der Waals surface area contributed by atoms with Crippen LogP contribution in [-0.4, -0.2) is 31.8 Å². The van der Waals surface area contributed by atoms with Crippen LogP contribution in [0.5, 0.6) is 0 Å². The summed E-state index contributed by atoms with van der Waals surface area (Å²) in [6, 6.07) is 3.54. The Kier molecular flexibility index (Phi) is 4.50. The molecule has 0 aliphatic carbocycles. The summed E-state index contributed by atoms with van der Waals surface area (Å²) in [6.07, 6.45) is 4.18. The van der Waals surface area contributed by atoms with E-state index < -0.39 is 0 Å². The molecule has 5 heteroatoms. The number of nitrogens with one attached hydrogen (secondary N) is 2. The van der Waals surface area contributed by atoms with E-state index in [1.165, 1.54) is 18.2 Å². The molecule has 1 aliphatic heterocycles. The van der Waals surface area contributed by atoms with Gasteiger partial charge in [0, 0.05) is 6.54 Å². The predicted octanol–water partition coefficient (Wildman–Crippen LogP) is 1.73. The molecule has 1 amide bonds. The maximum atomic E-state index is 11.7. The van der Waals surface area contributed by atoms with Gasteiger partial charge in [0.15, 0.2) is 10.9 Å². The van der Waals surface area contributed by atoms with E-state index >= 15 is 0 Å². The van der Waals surface area contributed by atoms with Crippen molar-refractivity contribution in [1.29, 1.82) is 0 Å². The van der Waals surface area contributed by atoms with Crippen LogP contribution < -0.4 is 10.6 Å². The number of rotatable bonds is 5. The van der Waals surface area contributed by atoms with Gasteiger partial charge in [-0.15, -0.1) is 0 Å². The van der Waals surface area contributed by atoms with Gasteiger partial charge < -0.3 is 15.1 Å². The van der Waals surface area contributed by atoms with Crippen molar-refractivity contribution < 1.29 is 9.21 Å². The number of thioether (sulfide) groups is 1. The van der Waals surface area contributed by atoms with E-state index in [0.29, 0.717) is 11.7 Å². The van der Waals surface area contributed by atoms with Crippen LogP contribution in [0.15, 0.2) is 21.6 Å². The van der Waals surface area contributed by atoms with Gasteiger partial charge in [0.2, 0.25) is 0 Å². The normalized spacial score (nSPS) is 19.5. The quantitative estimate of drug-likeness (QED) is 0.786. The highest BCUT2D eigenvalue weighted by molar-refractivity contribution is 7.98. The van der Waals surface area contributed by atoms with E-state index in [4.69, 9.17) is 4.42 Å². The van der Waals surface area contributed by atoms with E-state index in [1.807, 2.05) is 12.3 Å². The van der Waals surface area contributed by atoms with Gasteiger partial charge in [-0.1, -0.05) is 11.8 Å². The smallest absolute Gasteiger partial charge is 0.287 e. The molecule has 1 aliphatic rings. The van der Waals surface area contributed by atoms with Gasteiger partial charge in [-0.2, -0.15) is 0 Å². The lowest BCUT2D eigenvalue weighted by Crippen LogP contribution is -2.26. The van der Waals surface area contributed by atoms with Crippen LogP contribution in [-0.2, 0) is 0 Å². The molecule has 1 fully saturated rings. The Morgan fingerprint density at radius 2 is 2.53 bits per heavy atom. The van der Waals surface area contributed by atoms with Gasteiger partial charge in [-0.25, -0.2) is 0 Å². The van der Waals surface area contributed by atoms with Gasteiger partial charge in [-0.3, -0.25) is 4.79 Å². The largest absolute Gasteiger partial charge is 0.445 e. The Morgan fingerprint density at radius 1 is 1.65 bits per heavy atom. The molecule has 2 N–H and O–H groups in total. The lowest BCUT2D eigenvalue weighted by Gasteiger charge is -2.08. The van der Waals surface area contributed by atoms with E-state index in [1.54, 1.807) is 6.07 Å². The third-order valence-electron chi connectivity index (χ3n) is 3.01. The van der Waals surface area contributed by atoms with Crippen molar-refractivity contribution in [3.63, 3.8) is 0 Å². The first-order valence-electron chi connectivity index (χ1n) is 5.92. The summed E-state index contributed by atoms with van der Waals surface area (Å²) < 4.78 is 5.36. The fraction of sp³-hybridized carbons (Fsp3) is 0.583. The number of hydrogen-bond donors (Lipinski definition) is 2. The van der Waals surface area contributed by atoms with Crippen molar-refractivity contribution in [2.75, 3.05) is 25.9 Å². The zero-order valence-electron chi connectivity index (χ0n) is 9.99. The molecule has 2 heterocycles. The Morgan fingerprint density at radius 3 is 3.18 bits per heavy atom. The van der Waals surface area contributed by atoms with Crippen LogP contribution in [0.3, 0.4) is 0 Å². The van der Waals surface area contributed by atoms with Crippen LogP contribution >= 0.6 is 11.8 Å². The molecule has 1 atom stereocenters. The molecule has 0 saturated carbocycles. The number of carbonyl (C=O) groups excluding carboxylic acids is 1. The van der Waals surface area contributed by atoms with Crippen molar-refractivity contribution in [2.24, 2.45) is 5.92 Å². The van der Waals surface area contributed by atoms with Crippen molar-refractivity contribution in [2.45, 2.75) is 17.9 Å². The zero-order chi connectivity index (χ0) is 12.1. The molecule has 94 valence electrons. The Bertz CT molecular complexity index is 372. The Hall–Kier alpha value is -0.940. The SMILES string of the molecule is CSc1ccc(C(=O)NCCC2CCNC2)o1. The van der Waals surface area contributed by atoms with E-state index in [-0.39, 0.29) is 5.91 Å². The molecule has 17 heavy (non-hydrogen) atoms. The molecular weight excluding hydrogens is 236 g/mol. The van der Waals surface area contributed by atoms with Crippen LogP contribution in [0, 0.1) is 5.92 Å². The third-order valence-corrected chi connectivity index (χ3v) is 3.63. The van der Waals surface area contributed by atoms with Gasteiger partial charge in [-0.05, 0) is 50.2 Å². The third kappa shape index (κ3) is 3.51. The second-order valence-electron chi connectivity index (χ2n) is 4.23. The zero-order valence-corrected chi connectivity index (χ0v) is 10.8. The summed E-state index contributed by atoms with van der Waals surface area (Å²) in [5.41, 5.74) is 0. The van der Waals surface area contributed by atoms with E-state index in [2.05, 4.69) is 10.6 Å². The molecule has 0 spiro atoms. The molecule has 1 saturated heterocycles. The number of furan rings is 1. The topological polar surface area (TPSA) is 54.3 Å². The molecule has 1 unspecified atom stereocenters. The van der Waals surface area contributed by atoms with Crippen LogP contribution in [0.4, 0.5) is 0 Å². The number of hydrogen-bond acceptors (Lipinski definition) is 4. The van der Waals surface area contributed by atoms with Crippen molar-refractivity contribution in [3.05, 3.63) is 17.9 Å². The molecule has 4 nitrogen and oxygen atoms in total. The van der Waals surface area contributed by atoms with Crippen molar-refractivity contribution >= 4 is 17.7 Å². The van der Waals surface area contributed by atoms with Crippen LogP contribution in [0.2, 0.25) is 0 Å². The maximum absolute atomic E-state index is 11.7. The second kappa shape index (κ2) is 6.12. The molecule has 1 aromatic heterocycles. The first-order valence-corrected chi connectivity index (χ1v) is 7.15. The summed E-state index contributed by atoms with van der Waals surface area (Å²) >= 11 is 1.50. The molecule has 0 radical (unpaired) electrons. The molecule has 1 aromatic rings. The lowest BCUT2D eigenvalue weighted by molar-refractivity contribution is 0.0919. The molecule has 2 rings (SSSR count). The first kappa shape index (κ1) is 12.5. The Labute approximate surface area is 106 Å². The van der Waals surface area contributed by atoms with Crippen molar-refractivity contribution in [1.82, 2.24) is 10.6 Å². The standard InChI is InChI=1S/C12H18N2O2S/c1-17-11-3-2-10(16-11)12(15)14-7-5-9-4-6-13-8-9/h2-3,9,13H,4-8H2,1H3,(H,14,15). The van der Waals surface area contributed by atoms with Gasteiger partial charge in [0.1, 0.15) is 0 Å².